The molecule has 0 amide bonds. The van der Waals surface area contributed by atoms with Crippen LogP contribution in [0.5, 0.6) is 0 Å². The second kappa shape index (κ2) is 5.34. The predicted molar refractivity (Wildman–Crippen MR) is 83.8 cm³/mol. The Labute approximate surface area is 128 Å². The lowest BCUT2D eigenvalue weighted by molar-refractivity contribution is 0.412. The van der Waals surface area contributed by atoms with Crippen LogP contribution in [-0.2, 0) is 5.41 Å². The molecule has 0 radical (unpaired) electrons. The summed E-state index contributed by atoms with van der Waals surface area (Å²) in [7, 11) is 0. The van der Waals surface area contributed by atoms with Crippen molar-refractivity contribution in [1.82, 2.24) is 10.2 Å². The fourth-order valence-electron chi connectivity index (χ4n) is 3.56. The Hall–Kier alpha value is -1.55. The molecule has 0 aliphatic heterocycles. The summed E-state index contributed by atoms with van der Waals surface area (Å²) >= 11 is 6.22. The summed E-state index contributed by atoms with van der Waals surface area (Å²) < 4.78 is 14.3. The number of anilines is 1. The molecule has 0 unspecified atom stereocenters. The normalized spacial score (nSPS) is 17.3. The first-order valence-electron chi connectivity index (χ1n) is 7.38. The highest BCUT2D eigenvalue weighted by Gasteiger charge is 2.39. The van der Waals surface area contributed by atoms with Gasteiger partial charge in [0.15, 0.2) is 5.82 Å². The van der Waals surface area contributed by atoms with Gasteiger partial charge in [0.05, 0.1) is 16.3 Å². The Bertz CT molecular complexity index is 639. The SMILES string of the molecule is CCC1(c2[nH]nc(N)c2-c2c(F)cccc2Cl)CCCC1. The molecule has 1 saturated carbocycles. The topological polar surface area (TPSA) is 54.7 Å². The van der Waals surface area contributed by atoms with E-state index in [1.165, 1.54) is 18.9 Å². The standard InChI is InChI=1S/C16H19ClFN3/c1-2-16(8-3-4-9-16)14-13(15(19)21-20-14)12-10(17)6-5-7-11(12)18/h5-7H,2-4,8-9H2,1H3,(H3,19,20,21). The number of H-pyrrole nitrogens is 1. The summed E-state index contributed by atoms with van der Waals surface area (Å²) in [6.07, 6.45) is 5.48. The Morgan fingerprint density at radius 3 is 2.67 bits per heavy atom. The third-order valence-electron chi connectivity index (χ3n) is 4.77. The first-order chi connectivity index (χ1) is 10.1. The highest BCUT2D eigenvalue weighted by molar-refractivity contribution is 6.33. The first-order valence-corrected chi connectivity index (χ1v) is 7.75. The van der Waals surface area contributed by atoms with E-state index in [-0.39, 0.29) is 11.2 Å². The molecular weight excluding hydrogens is 289 g/mol. The number of benzene rings is 1. The van der Waals surface area contributed by atoms with Crippen LogP contribution < -0.4 is 5.73 Å². The minimum atomic E-state index is -0.360. The summed E-state index contributed by atoms with van der Waals surface area (Å²) in [5.41, 5.74) is 7.97. The van der Waals surface area contributed by atoms with Gasteiger partial charge in [-0.2, -0.15) is 5.10 Å². The van der Waals surface area contributed by atoms with Gasteiger partial charge in [0.1, 0.15) is 5.82 Å². The average molecular weight is 308 g/mol. The molecule has 1 aromatic carbocycles. The van der Waals surface area contributed by atoms with E-state index in [1.54, 1.807) is 12.1 Å². The van der Waals surface area contributed by atoms with Gasteiger partial charge in [-0.1, -0.05) is 37.4 Å². The van der Waals surface area contributed by atoms with Gasteiger partial charge in [-0.05, 0) is 31.4 Å². The molecule has 1 aromatic heterocycles. The number of nitrogen functional groups attached to an aromatic ring is 1. The number of nitrogens with zero attached hydrogens (tertiary/aromatic N) is 1. The molecule has 3 rings (SSSR count). The predicted octanol–water partition coefficient (Wildman–Crippen LogP) is 4.67. The lowest BCUT2D eigenvalue weighted by atomic mass is 9.77. The van der Waals surface area contributed by atoms with Crippen molar-refractivity contribution >= 4 is 17.4 Å². The van der Waals surface area contributed by atoms with Crippen molar-refractivity contribution in [3.8, 4) is 11.1 Å². The number of nitrogens with one attached hydrogen (secondary N) is 1. The summed E-state index contributed by atoms with van der Waals surface area (Å²) in [6, 6.07) is 4.69. The highest BCUT2D eigenvalue weighted by Crippen LogP contribution is 2.48. The van der Waals surface area contributed by atoms with E-state index in [9.17, 15) is 4.39 Å². The molecule has 1 fully saturated rings. The fourth-order valence-corrected chi connectivity index (χ4v) is 3.82. The summed E-state index contributed by atoms with van der Waals surface area (Å²) in [5.74, 6) is -0.0437. The zero-order chi connectivity index (χ0) is 15.0. The molecule has 1 aliphatic carbocycles. The van der Waals surface area contributed by atoms with Gasteiger partial charge in [0.25, 0.3) is 0 Å². The van der Waals surface area contributed by atoms with Gasteiger partial charge in [-0.3, -0.25) is 5.10 Å². The second-order valence-corrected chi connectivity index (χ2v) is 6.20. The molecule has 3 nitrogen and oxygen atoms in total. The van der Waals surface area contributed by atoms with E-state index in [4.69, 9.17) is 17.3 Å². The van der Waals surface area contributed by atoms with E-state index in [0.29, 0.717) is 22.0 Å². The zero-order valence-corrected chi connectivity index (χ0v) is 12.8. The van der Waals surface area contributed by atoms with Gasteiger partial charge < -0.3 is 5.73 Å². The Morgan fingerprint density at radius 2 is 2.05 bits per heavy atom. The lowest BCUT2D eigenvalue weighted by Crippen LogP contribution is -2.22. The fraction of sp³-hybridized carbons (Fsp3) is 0.438. The van der Waals surface area contributed by atoms with E-state index in [0.717, 1.165) is 25.0 Å². The number of nitrogens with two attached hydrogens (primary N) is 1. The molecular formula is C16H19ClFN3. The number of hydrogen-bond acceptors (Lipinski definition) is 2. The summed E-state index contributed by atoms with van der Waals surface area (Å²) in [4.78, 5) is 0. The van der Waals surface area contributed by atoms with Gasteiger partial charge in [0, 0.05) is 11.0 Å². The van der Waals surface area contributed by atoms with E-state index >= 15 is 0 Å². The van der Waals surface area contributed by atoms with Gasteiger partial charge >= 0.3 is 0 Å². The average Bonchev–Trinajstić information content (AvgIpc) is 3.07. The number of rotatable bonds is 3. The quantitative estimate of drug-likeness (QED) is 0.865. The van der Waals surface area contributed by atoms with E-state index in [1.807, 2.05) is 0 Å². The molecule has 1 aliphatic rings. The molecule has 0 bridgehead atoms. The van der Waals surface area contributed by atoms with Crippen molar-refractivity contribution in [2.75, 3.05) is 5.73 Å². The monoisotopic (exact) mass is 307 g/mol. The largest absolute Gasteiger partial charge is 0.382 e. The lowest BCUT2D eigenvalue weighted by Gasteiger charge is -2.27. The Kier molecular flexibility index (Phi) is 3.66. The van der Waals surface area contributed by atoms with Crippen LogP contribution in [0.1, 0.15) is 44.7 Å². The number of halogens is 2. The molecule has 5 heteroatoms. The molecule has 2 aromatic rings. The highest BCUT2D eigenvalue weighted by atomic mass is 35.5. The molecule has 3 N–H and O–H groups in total. The third-order valence-corrected chi connectivity index (χ3v) is 5.09. The number of aromatic amines is 1. The van der Waals surface area contributed by atoms with Crippen LogP contribution in [0.25, 0.3) is 11.1 Å². The van der Waals surface area contributed by atoms with Crippen molar-refractivity contribution in [1.29, 1.82) is 0 Å². The van der Waals surface area contributed by atoms with Crippen LogP contribution in [0, 0.1) is 5.82 Å². The number of aromatic nitrogens is 2. The van der Waals surface area contributed by atoms with E-state index in [2.05, 4.69) is 17.1 Å². The summed E-state index contributed by atoms with van der Waals surface area (Å²) in [6.45, 7) is 2.16. The summed E-state index contributed by atoms with van der Waals surface area (Å²) in [5, 5.41) is 7.57. The molecule has 21 heavy (non-hydrogen) atoms. The Morgan fingerprint density at radius 1 is 1.33 bits per heavy atom. The van der Waals surface area contributed by atoms with Gasteiger partial charge in [-0.25, -0.2) is 4.39 Å². The minimum absolute atomic E-state index is 0.00552. The second-order valence-electron chi connectivity index (χ2n) is 5.80. The van der Waals surface area contributed by atoms with Crippen molar-refractivity contribution in [3.05, 3.63) is 34.7 Å². The van der Waals surface area contributed by atoms with Gasteiger partial charge in [-0.15, -0.1) is 0 Å². The van der Waals surface area contributed by atoms with Crippen LogP contribution in [0.4, 0.5) is 10.2 Å². The van der Waals surface area contributed by atoms with Crippen LogP contribution in [0.15, 0.2) is 18.2 Å². The Balaban J connectivity index is 2.23. The molecule has 0 atom stereocenters. The maximum Gasteiger partial charge on any atom is 0.153 e. The zero-order valence-electron chi connectivity index (χ0n) is 12.0. The van der Waals surface area contributed by atoms with Crippen LogP contribution >= 0.6 is 11.6 Å². The van der Waals surface area contributed by atoms with Gasteiger partial charge in [0.2, 0.25) is 0 Å². The first kappa shape index (κ1) is 14.4. The van der Waals surface area contributed by atoms with Crippen molar-refractivity contribution in [2.45, 2.75) is 44.4 Å². The van der Waals surface area contributed by atoms with E-state index < -0.39 is 0 Å². The van der Waals surface area contributed by atoms with Crippen molar-refractivity contribution in [2.24, 2.45) is 0 Å². The minimum Gasteiger partial charge on any atom is -0.382 e. The van der Waals surface area contributed by atoms with Crippen LogP contribution in [0.2, 0.25) is 5.02 Å². The maximum absolute atomic E-state index is 14.3. The molecule has 1 heterocycles. The van der Waals surface area contributed by atoms with Crippen LogP contribution in [0.3, 0.4) is 0 Å². The number of hydrogen-bond donors (Lipinski definition) is 2. The molecule has 0 spiro atoms. The molecule has 0 saturated heterocycles. The maximum atomic E-state index is 14.3. The third kappa shape index (κ3) is 2.22. The van der Waals surface area contributed by atoms with Crippen molar-refractivity contribution in [3.63, 3.8) is 0 Å². The van der Waals surface area contributed by atoms with Crippen LogP contribution in [-0.4, -0.2) is 10.2 Å². The van der Waals surface area contributed by atoms with Crippen molar-refractivity contribution < 1.29 is 4.39 Å². The molecule has 112 valence electrons. The smallest absolute Gasteiger partial charge is 0.153 e.